The number of benzene rings is 2. The third-order valence-electron chi connectivity index (χ3n) is 4.18. The van der Waals surface area contributed by atoms with Crippen LogP contribution in [0.1, 0.15) is 31.7 Å². The molecule has 2 aromatic carbocycles. The summed E-state index contributed by atoms with van der Waals surface area (Å²) in [7, 11) is 4.00. The predicted octanol–water partition coefficient (Wildman–Crippen LogP) is 4.86. The lowest BCUT2D eigenvalue weighted by Crippen LogP contribution is -2.11. The van der Waals surface area contributed by atoms with Crippen LogP contribution in [-0.4, -0.2) is 31.5 Å². The summed E-state index contributed by atoms with van der Waals surface area (Å²) in [5.41, 5.74) is 2.25. The first kappa shape index (κ1) is 19.2. The van der Waals surface area contributed by atoms with Gasteiger partial charge in [-0.3, -0.25) is 9.59 Å². The second-order valence-electron chi connectivity index (χ2n) is 6.30. The maximum atomic E-state index is 12.4. The van der Waals surface area contributed by atoms with E-state index in [0.29, 0.717) is 18.7 Å². The summed E-state index contributed by atoms with van der Waals surface area (Å²) in [6.07, 6.45) is 3.56. The van der Waals surface area contributed by atoms with Crippen molar-refractivity contribution in [1.82, 2.24) is 0 Å². The molecule has 0 aliphatic carbocycles. The monoisotopic (exact) mass is 357 g/mol. The average Bonchev–Trinajstić information content (AvgIpc) is 2.59. The SMILES string of the molecule is CC(=O)C(=Cc1ccc(N(C)C)c2ccccc12)C(=O)CCCCCl. The van der Waals surface area contributed by atoms with Gasteiger partial charge in [0.25, 0.3) is 0 Å². The minimum atomic E-state index is -0.198. The molecule has 0 unspecified atom stereocenters. The van der Waals surface area contributed by atoms with E-state index < -0.39 is 0 Å². The van der Waals surface area contributed by atoms with Crippen molar-refractivity contribution in [1.29, 1.82) is 0 Å². The van der Waals surface area contributed by atoms with Crippen LogP contribution in [0.3, 0.4) is 0 Å². The normalized spacial score (nSPS) is 11.6. The minimum absolute atomic E-state index is 0.113. The van der Waals surface area contributed by atoms with Crippen molar-refractivity contribution in [2.75, 3.05) is 24.9 Å². The zero-order valence-corrected chi connectivity index (χ0v) is 15.8. The molecule has 0 heterocycles. The standard InChI is InChI=1S/C21H24ClNO2/c1-15(24)19(21(25)10-6-7-13-22)14-16-11-12-20(23(2)3)18-9-5-4-8-17(16)18/h4-5,8-9,11-12,14H,6-7,10,13H2,1-3H3. The highest BCUT2D eigenvalue weighted by Gasteiger charge is 2.15. The number of rotatable bonds is 8. The third kappa shape index (κ3) is 4.70. The van der Waals surface area contributed by atoms with Crippen molar-refractivity contribution >= 4 is 45.7 Å². The van der Waals surface area contributed by atoms with Gasteiger partial charge in [0.2, 0.25) is 0 Å². The Hall–Kier alpha value is -2.13. The lowest BCUT2D eigenvalue weighted by Gasteiger charge is -2.17. The summed E-state index contributed by atoms with van der Waals surface area (Å²) in [6, 6.07) is 12.0. The fourth-order valence-corrected chi connectivity index (χ4v) is 3.06. The second kappa shape index (κ2) is 8.82. The first-order valence-corrected chi connectivity index (χ1v) is 9.00. The number of allylic oxidation sites excluding steroid dienone is 1. The zero-order valence-electron chi connectivity index (χ0n) is 15.0. The molecule has 0 aliphatic rings. The van der Waals surface area contributed by atoms with Gasteiger partial charge >= 0.3 is 0 Å². The van der Waals surface area contributed by atoms with Crippen molar-refractivity contribution in [2.45, 2.75) is 26.2 Å². The summed E-state index contributed by atoms with van der Waals surface area (Å²) in [5.74, 6) is 0.221. The van der Waals surface area contributed by atoms with Crippen molar-refractivity contribution in [3.63, 3.8) is 0 Å². The molecular weight excluding hydrogens is 334 g/mol. The molecule has 0 aromatic heterocycles. The smallest absolute Gasteiger partial charge is 0.166 e. The van der Waals surface area contributed by atoms with Crippen molar-refractivity contribution in [2.24, 2.45) is 0 Å². The molecule has 0 radical (unpaired) electrons. The molecule has 3 nitrogen and oxygen atoms in total. The topological polar surface area (TPSA) is 37.4 Å². The Labute approximate surface area is 154 Å². The van der Waals surface area contributed by atoms with Gasteiger partial charge < -0.3 is 4.90 Å². The molecule has 2 rings (SSSR count). The molecule has 0 atom stereocenters. The third-order valence-corrected chi connectivity index (χ3v) is 4.45. The van der Waals surface area contributed by atoms with Crippen LogP contribution in [0.5, 0.6) is 0 Å². The molecule has 0 saturated heterocycles. The Morgan fingerprint density at radius 2 is 1.72 bits per heavy atom. The summed E-state index contributed by atoms with van der Waals surface area (Å²) < 4.78 is 0. The largest absolute Gasteiger partial charge is 0.377 e. The maximum absolute atomic E-state index is 12.4. The number of halogens is 1. The molecule has 0 amide bonds. The summed E-state index contributed by atoms with van der Waals surface area (Å²) >= 11 is 5.67. The van der Waals surface area contributed by atoms with E-state index in [1.807, 2.05) is 44.4 Å². The Kier molecular flexibility index (Phi) is 6.77. The van der Waals surface area contributed by atoms with Crippen molar-refractivity contribution in [3.8, 4) is 0 Å². The number of hydrogen-bond donors (Lipinski definition) is 0. The molecule has 0 fully saturated rings. The molecular formula is C21H24ClNO2. The number of alkyl halides is 1. The predicted molar refractivity (Wildman–Crippen MR) is 107 cm³/mol. The number of anilines is 1. The van der Waals surface area contributed by atoms with E-state index in [1.54, 1.807) is 6.08 Å². The van der Waals surface area contributed by atoms with E-state index >= 15 is 0 Å². The van der Waals surface area contributed by atoms with Gasteiger partial charge in [-0.25, -0.2) is 0 Å². The van der Waals surface area contributed by atoms with Gasteiger partial charge in [-0.15, -0.1) is 11.6 Å². The highest BCUT2D eigenvalue weighted by molar-refractivity contribution is 6.23. The molecule has 25 heavy (non-hydrogen) atoms. The summed E-state index contributed by atoms with van der Waals surface area (Å²) in [6.45, 7) is 1.45. The van der Waals surface area contributed by atoms with Crippen molar-refractivity contribution < 1.29 is 9.59 Å². The Bertz CT molecular complexity index is 809. The number of fused-ring (bicyclic) bond motifs is 1. The highest BCUT2D eigenvalue weighted by atomic mass is 35.5. The fraction of sp³-hybridized carbons (Fsp3) is 0.333. The molecule has 4 heteroatoms. The number of ketones is 2. The molecule has 132 valence electrons. The summed E-state index contributed by atoms with van der Waals surface area (Å²) in [5, 5.41) is 2.12. The minimum Gasteiger partial charge on any atom is -0.377 e. The van der Waals surface area contributed by atoms with Gasteiger partial charge in [0, 0.05) is 37.5 Å². The van der Waals surface area contributed by atoms with Crippen LogP contribution in [0.4, 0.5) is 5.69 Å². The number of carbonyl (C=O) groups excluding carboxylic acids is 2. The van der Waals surface area contributed by atoms with Gasteiger partial charge in [0.05, 0.1) is 5.57 Å². The first-order valence-electron chi connectivity index (χ1n) is 8.46. The molecule has 0 bridgehead atoms. The lowest BCUT2D eigenvalue weighted by molar-refractivity contribution is -0.120. The van der Waals surface area contributed by atoms with Gasteiger partial charge in [0.15, 0.2) is 11.6 Å². The zero-order chi connectivity index (χ0) is 18.4. The van der Waals surface area contributed by atoms with Crippen LogP contribution in [0.25, 0.3) is 16.8 Å². The quantitative estimate of drug-likeness (QED) is 0.223. The molecule has 2 aromatic rings. The van der Waals surface area contributed by atoms with Crippen LogP contribution >= 0.6 is 11.6 Å². The van der Waals surface area contributed by atoms with E-state index in [9.17, 15) is 9.59 Å². The van der Waals surface area contributed by atoms with E-state index in [4.69, 9.17) is 11.6 Å². The number of Topliss-reactive ketones (excluding diaryl/α,β-unsaturated/α-hetero) is 2. The van der Waals surface area contributed by atoms with Crippen LogP contribution in [0, 0.1) is 0 Å². The molecule has 0 aliphatic heterocycles. The first-order chi connectivity index (χ1) is 12.0. The van der Waals surface area contributed by atoms with Crippen LogP contribution < -0.4 is 4.90 Å². The van der Waals surface area contributed by atoms with Crippen LogP contribution in [-0.2, 0) is 9.59 Å². The summed E-state index contributed by atoms with van der Waals surface area (Å²) in [4.78, 5) is 26.5. The van der Waals surface area contributed by atoms with E-state index in [2.05, 4.69) is 11.0 Å². The second-order valence-corrected chi connectivity index (χ2v) is 6.68. The van der Waals surface area contributed by atoms with Crippen LogP contribution in [0.15, 0.2) is 42.0 Å². The van der Waals surface area contributed by atoms with Crippen molar-refractivity contribution in [3.05, 3.63) is 47.5 Å². The Morgan fingerprint density at radius 1 is 1.04 bits per heavy atom. The van der Waals surface area contributed by atoms with Crippen LogP contribution in [0.2, 0.25) is 0 Å². The number of nitrogens with zero attached hydrogens (tertiary/aromatic N) is 1. The lowest BCUT2D eigenvalue weighted by atomic mass is 9.96. The van der Waals surface area contributed by atoms with E-state index in [0.717, 1.165) is 28.4 Å². The van der Waals surface area contributed by atoms with Gasteiger partial charge in [-0.2, -0.15) is 0 Å². The number of carbonyl (C=O) groups is 2. The number of unbranched alkanes of at least 4 members (excludes halogenated alkanes) is 1. The molecule has 0 N–H and O–H groups in total. The van der Waals surface area contributed by atoms with Gasteiger partial charge in [0.1, 0.15) is 0 Å². The maximum Gasteiger partial charge on any atom is 0.166 e. The van der Waals surface area contributed by atoms with Gasteiger partial charge in [-0.05, 0) is 42.9 Å². The molecule has 0 saturated carbocycles. The highest BCUT2D eigenvalue weighted by Crippen LogP contribution is 2.30. The van der Waals surface area contributed by atoms with E-state index in [1.165, 1.54) is 6.92 Å². The average molecular weight is 358 g/mol. The Balaban J connectivity index is 2.48. The number of hydrogen-bond acceptors (Lipinski definition) is 3. The van der Waals surface area contributed by atoms with Gasteiger partial charge in [-0.1, -0.05) is 30.3 Å². The fourth-order valence-electron chi connectivity index (χ4n) is 2.87. The Morgan fingerprint density at radius 3 is 2.32 bits per heavy atom. The van der Waals surface area contributed by atoms with E-state index in [-0.39, 0.29) is 17.1 Å². The molecule has 0 spiro atoms.